The topological polar surface area (TPSA) is 50.7 Å². The number of fused-ring (bicyclic) bond motifs is 1. The fraction of sp³-hybridized carbons (Fsp3) is 0.636. The smallest absolute Gasteiger partial charge is 0.340 e. The predicted molar refractivity (Wildman–Crippen MR) is 57.7 cm³/mol. The van der Waals surface area contributed by atoms with Crippen molar-refractivity contribution in [3.8, 4) is 0 Å². The van der Waals surface area contributed by atoms with Crippen LogP contribution >= 0.6 is 0 Å². The second kappa shape index (κ2) is 3.78. The van der Waals surface area contributed by atoms with E-state index in [0.29, 0.717) is 0 Å². The van der Waals surface area contributed by atoms with E-state index in [0.717, 1.165) is 0 Å². The van der Waals surface area contributed by atoms with E-state index in [-0.39, 0.29) is 13.0 Å². The molecule has 0 aromatic rings. The molecule has 0 bridgehead atoms. The normalized spacial score (nSPS) is 37.4. The van der Waals surface area contributed by atoms with Crippen molar-refractivity contribution in [2.45, 2.75) is 24.8 Å². The van der Waals surface area contributed by atoms with Crippen molar-refractivity contribution in [3.63, 3.8) is 0 Å². The Morgan fingerprint density at radius 2 is 2.47 bits per heavy atom. The molecule has 6 heteroatoms. The van der Waals surface area contributed by atoms with E-state index in [9.17, 15) is 13.6 Å². The highest BCUT2D eigenvalue weighted by molar-refractivity contribution is 5.90. The van der Waals surface area contributed by atoms with Crippen molar-refractivity contribution >= 4 is 12.2 Å². The fourth-order valence-electron chi connectivity index (χ4n) is 2.52. The van der Waals surface area contributed by atoms with Gasteiger partial charge in [-0.2, -0.15) is 5.10 Å². The van der Waals surface area contributed by atoms with Crippen molar-refractivity contribution in [1.82, 2.24) is 5.43 Å². The molecule has 2 aliphatic rings. The average molecular weight is 244 g/mol. The summed E-state index contributed by atoms with van der Waals surface area (Å²) < 4.78 is 33.3. The summed E-state index contributed by atoms with van der Waals surface area (Å²) in [6, 6.07) is 0. The van der Waals surface area contributed by atoms with E-state index in [1.165, 1.54) is 12.3 Å². The molecule has 0 unspecified atom stereocenters. The maximum absolute atomic E-state index is 14.3. The molecule has 1 heterocycles. The molecule has 94 valence electrons. The molecule has 1 aliphatic heterocycles. The first-order valence-electron chi connectivity index (χ1n) is 5.48. The van der Waals surface area contributed by atoms with Gasteiger partial charge in [0, 0.05) is 18.1 Å². The minimum Gasteiger partial charge on any atom is -0.464 e. The summed E-state index contributed by atoms with van der Waals surface area (Å²) in [6.07, 6.45) is 2.69. The highest BCUT2D eigenvalue weighted by atomic mass is 19.3. The summed E-state index contributed by atoms with van der Waals surface area (Å²) in [5.74, 6) is -5.89. The van der Waals surface area contributed by atoms with Crippen molar-refractivity contribution in [2.75, 3.05) is 6.61 Å². The summed E-state index contributed by atoms with van der Waals surface area (Å²) in [7, 11) is 0. The van der Waals surface area contributed by atoms with Crippen LogP contribution in [0.25, 0.3) is 0 Å². The number of nitrogens with one attached hydrogen (secondary N) is 1. The number of hydrogen-bond acceptors (Lipinski definition) is 4. The number of rotatable bonds is 3. The second-order valence-corrected chi connectivity index (χ2v) is 4.23. The predicted octanol–water partition coefficient (Wildman–Crippen LogP) is 1.33. The molecule has 1 saturated carbocycles. The van der Waals surface area contributed by atoms with Crippen molar-refractivity contribution < 1.29 is 18.3 Å². The van der Waals surface area contributed by atoms with Crippen LogP contribution in [0.3, 0.4) is 0 Å². The third kappa shape index (κ3) is 1.33. The standard InChI is InChI=1S/C11H14F2N2O2/c1-3-7-5-8-6-14-15-10(8,11(7,12)13)9(16)17-4-2/h3,6-8,15H,1,4-5H2,2H3/t7-,8-,10-/m1/s1. The number of carbonyl (C=O) groups is 1. The molecule has 4 nitrogen and oxygen atoms in total. The summed E-state index contributed by atoms with van der Waals surface area (Å²) in [5.41, 5.74) is 0.215. The van der Waals surface area contributed by atoms with E-state index in [1.807, 2.05) is 0 Å². The minimum absolute atomic E-state index is 0.0593. The van der Waals surface area contributed by atoms with Crippen LogP contribution in [0.2, 0.25) is 0 Å². The van der Waals surface area contributed by atoms with Gasteiger partial charge in [-0.3, -0.25) is 5.43 Å². The van der Waals surface area contributed by atoms with Gasteiger partial charge in [-0.05, 0) is 13.3 Å². The second-order valence-electron chi connectivity index (χ2n) is 4.23. The van der Waals surface area contributed by atoms with E-state index in [1.54, 1.807) is 6.92 Å². The van der Waals surface area contributed by atoms with Crippen LogP contribution in [0.15, 0.2) is 17.8 Å². The van der Waals surface area contributed by atoms with Crippen LogP contribution in [0, 0.1) is 11.8 Å². The van der Waals surface area contributed by atoms with Crippen LogP contribution in [0.5, 0.6) is 0 Å². The maximum Gasteiger partial charge on any atom is 0.340 e. The van der Waals surface area contributed by atoms with E-state index in [4.69, 9.17) is 4.74 Å². The zero-order valence-electron chi connectivity index (χ0n) is 9.45. The van der Waals surface area contributed by atoms with E-state index >= 15 is 0 Å². The van der Waals surface area contributed by atoms with Crippen LogP contribution in [-0.4, -0.2) is 30.3 Å². The van der Waals surface area contributed by atoms with Crippen molar-refractivity contribution in [2.24, 2.45) is 16.9 Å². The molecule has 1 N–H and O–H groups in total. The summed E-state index contributed by atoms with van der Waals surface area (Å²) >= 11 is 0. The minimum atomic E-state index is -3.25. The quantitative estimate of drug-likeness (QED) is 0.602. The Morgan fingerprint density at radius 3 is 3.06 bits per heavy atom. The Hall–Kier alpha value is -1.46. The molecule has 0 aromatic heterocycles. The van der Waals surface area contributed by atoms with Gasteiger partial charge >= 0.3 is 5.97 Å². The highest BCUT2D eigenvalue weighted by Gasteiger charge is 2.73. The first-order valence-corrected chi connectivity index (χ1v) is 5.48. The lowest BCUT2D eigenvalue weighted by Gasteiger charge is -2.33. The lowest BCUT2D eigenvalue weighted by molar-refractivity contribution is -0.171. The van der Waals surface area contributed by atoms with Crippen LogP contribution in [0.1, 0.15) is 13.3 Å². The monoisotopic (exact) mass is 244 g/mol. The summed E-state index contributed by atoms with van der Waals surface area (Å²) in [5, 5.41) is 3.62. The van der Waals surface area contributed by atoms with Gasteiger partial charge in [0.25, 0.3) is 5.92 Å². The number of hydrazone groups is 1. The molecule has 2 rings (SSSR count). The van der Waals surface area contributed by atoms with Gasteiger partial charge in [-0.15, -0.1) is 6.58 Å². The Balaban J connectivity index is 2.41. The van der Waals surface area contributed by atoms with Gasteiger partial charge < -0.3 is 4.74 Å². The van der Waals surface area contributed by atoms with Crippen LogP contribution < -0.4 is 5.43 Å². The van der Waals surface area contributed by atoms with Crippen molar-refractivity contribution in [1.29, 1.82) is 0 Å². The lowest BCUT2D eigenvalue weighted by Crippen LogP contribution is -2.62. The number of ether oxygens (including phenoxy) is 1. The molecule has 0 aromatic carbocycles. The Bertz CT molecular complexity index is 384. The number of alkyl halides is 2. The Labute approximate surface area is 97.7 Å². The van der Waals surface area contributed by atoms with E-state index < -0.39 is 29.3 Å². The molecule has 17 heavy (non-hydrogen) atoms. The molecular weight excluding hydrogens is 230 g/mol. The lowest BCUT2D eigenvalue weighted by atomic mass is 9.86. The fourth-order valence-corrected chi connectivity index (χ4v) is 2.52. The third-order valence-corrected chi connectivity index (χ3v) is 3.43. The highest BCUT2D eigenvalue weighted by Crippen LogP contribution is 2.53. The number of hydrogen-bond donors (Lipinski definition) is 1. The number of carbonyl (C=O) groups excluding carboxylic acids is 1. The molecule has 1 aliphatic carbocycles. The van der Waals surface area contributed by atoms with Crippen LogP contribution in [0.4, 0.5) is 8.78 Å². The molecule has 3 atom stereocenters. The van der Waals surface area contributed by atoms with E-state index in [2.05, 4.69) is 17.1 Å². The third-order valence-electron chi connectivity index (χ3n) is 3.43. The summed E-state index contributed by atoms with van der Waals surface area (Å²) in [4.78, 5) is 11.8. The SMILES string of the molecule is C=C[C@@H]1C[C@@H]2C=NN[C@]2(C(=O)OCC)C1(F)F. The molecular formula is C11H14F2N2O2. The molecule has 1 fully saturated rings. The average Bonchev–Trinajstić information content (AvgIpc) is 2.77. The number of esters is 1. The number of halogens is 2. The van der Waals surface area contributed by atoms with Gasteiger partial charge in [0.1, 0.15) is 0 Å². The molecule has 0 amide bonds. The first-order chi connectivity index (χ1) is 8.00. The van der Waals surface area contributed by atoms with Gasteiger partial charge in [-0.25, -0.2) is 13.6 Å². The molecule has 0 radical (unpaired) electrons. The van der Waals surface area contributed by atoms with Crippen LogP contribution in [-0.2, 0) is 9.53 Å². The zero-order chi connectivity index (χ0) is 12.7. The zero-order valence-corrected chi connectivity index (χ0v) is 9.45. The van der Waals surface area contributed by atoms with Gasteiger partial charge in [0.2, 0.25) is 5.54 Å². The Morgan fingerprint density at radius 1 is 1.76 bits per heavy atom. The summed E-state index contributed by atoms with van der Waals surface area (Å²) in [6.45, 7) is 5.04. The first kappa shape index (κ1) is 12.0. The molecule has 0 spiro atoms. The van der Waals surface area contributed by atoms with Gasteiger partial charge in [0.15, 0.2) is 0 Å². The van der Waals surface area contributed by atoms with Crippen molar-refractivity contribution in [3.05, 3.63) is 12.7 Å². The van der Waals surface area contributed by atoms with Gasteiger partial charge in [0.05, 0.1) is 6.61 Å². The maximum atomic E-state index is 14.3. The number of allylic oxidation sites excluding steroid dienone is 1. The van der Waals surface area contributed by atoms with Gasteiger partial charge in [-0.1, -0.05) is 6.08 Å². The number of nitrogens with zero attached hydrogens (tertiary/aromatic N) is 1. The molecule has 0 saturated heterocycles. The largest absolute Gasteiger partial charge is 0.464 e. The Kier molecular flexibility index (Phi) is 2.67.